The van der Waals surface area contributed by atoms with Crippen LogP contribution in [-0.4, -0.2) is 37.7 Å². The van der Waals surface area contributed by atoms with Gasteiger partial charge in [-0.2, -0.15) is 13.2 Å². The van der Waals surface area contributed by atoms with Gasteiger partial charge < -0.3 is 24.8 Å². The highest BCUT2D eigenvalue weighted by atomic mass is 19.4. The van der Waals surface area contributed by atoms with Gasteiger partial charge in [-0.3, -0.25) is 4.79 Å². The third-order valence-corrected chi connectivity index (χ3v) is 5.34. The molecule has 1 aliphatic rings. The summed E-state index contributed by atoms with van der Waals surface area (Å²) in [4.78, 5) is 24.3. The number of Topliss-reactive ketones (excluding diaryl/α,β-unsaturated/α-hetero) is 1. The monoisotopic (exact) mass is 536 g/mol. The molecule has 11 heteroatoms. The van der Waals surface area contributed by atoms with Gasteiger partial charge in [0.15, 0.2) is 5.76 Å². The molecule has 0 saturated carbocycles. The van der Waals surface area contributed by atoms with Crippen LogP contribution in [0.5, 0.6) is 5.75 Å². The normalized spacial score (nSPS) is 13.9. The number of ketones is 1. The molecule has 7 nitrogen and oxygen atoms in total. The lowest BCUT2D eigenvalue weighted by Gasteiger charge is -2.27. The molecule has 2 amide bonds. The van der Waals surface area contributed by atoms with E-state index >= 15 is 0 Å². The van der Waals surface area contributed by atoms with E-state index in [1.807, 2.05) is 0 Å². The number of hydrogen-bond donors (Lipinski definition) is 2. The molecule has 2 N–H and O–H groups in total. The summed E-state index contributed by atoms with van der Waals surface area (Å²) >= 11 is 0. The predicted octanol–water partition coefficient (Wildman–Crippen LogP) is 6.57. The molecule has 0 aromatic heterocycles. The highest BCUT2D eigenvalue weighted by Gasteiger charge is 2.36. The molecule has 0 unspecified atom stereocenters. The van der Waals surface area contributed by atoms with Crippen molar-refractivity contribution in [1.82, 2.24) is 0 Å². The van der Waals surface area contributed by atoms with Gasteiger partial charge in [0.25, 0.3) is 0 Å². The van der Waals surface area contributed by atoms with Gasteiger partial charge in [-0.25, -0.2) is 9.18 Å². The molecule has 2 aromatic carbocycles. The Labute approximate surface area is 217 Å². The Kier molecular flexibility index (Phi) is 8.82. The number of carbonyl (C=O) groups excluding carboxylic acids is 2. The summed E-state index contributed by atoms with van der Waals surface area (Å²) in [5.41, 5.74) is -1.44. The van der Waals surface area contributed by atoms with Crippen molar-refractivity contribution < 1.29 is 41.4 Å². The van der Waals surface area contributed by atoms with Crippen LogP contribution in [-0.2, 0) is 20.4 Å². The van der Waals surface area contributed by atoms with E-state index in [1.165, 1.54) is 37.5 Å². The number of carbonyl (C=O) groups is 2. The predicted molar refractivity (Wildman–Crippen MR) is 134 cm³/mol. The quantitative estimate of drug-likeness (QED) is 0.354. The molecule has 204 valence electrons. The average Bonchev–Trinajstić information content (AvgIpc) is 2.82. The minimum atomic E-state index is -4.76. The smallest absolute Gasteiger partial charge is 0.420 e. The summed E-state index contributed by atoms with van der Waals surface area (Å²) in [6, 6.07) is 6.15. The minimum Gasteiger partial charge on any atom is -0.490 e. The first-order valence-corrected chi connectivity index (χ1v) is 11.7. The van der Waals surface area contributed by atoms with Gasteiger partial charge in [-0.15, -0.1) is 0 Å². The van der Waals surface area contributed by atoms with Crippen LogP contribution in [0.1, 0.15) is 38.3 Å². The maximum atomic E-state index is 14.8. The van der Waals surface area contributed by atoms with Crippen LogP contribution < -0.4 is 15.4 Å². The minimum absolute atomic E-state index is 0.0520. The van der Waals surface area contributed by atoms with Crippen LogP contribution >= 0.6 is 0 Å². The fourth-order valence-corrected chi connectivity index (χ4v) is 3.74. The number of hydrogen-bond acceptors (Lipinski definition) is 5. The lowest BCUT2D eigenvalue weighted by atomic mass is 9.97. The van der Waals surface area contributed by atoms with Crippen molar-refractivity contribution in [3.05, 3.63) is 71.3 Å². The number of nitrogens with one attached hydrogen (secondary N) is 2. The van der Waals surface area contributed by atoms with E-state index in [9.17, 15) is 27.2 Å². The van der Waals surface area contributed by atoms with Gasteiger partial charge in [-0.05, 0) is 68.3 Å². The van der Waals surface area contributed by atoms with E-state index in [0.29, 0.717) is 17.7 Å². The molecule has 38 heavy (non-hydrogen) atoms. The number of benzene rings is 2. The van der Waals surface area contributed by atoms with Crippen LogP contribution in [0.15, 0.2) is 54.3 Å². The van der Waals surface area contributed by atoms with Crippen molar-refractivity contribution in [3.63, 3.8) is 0 Å². The van der Waals surface area contributed by atoms with E-state index in [2.05, 4.69) is 10.6 Å². The summed E-state index contributed by atoms with van der Waals surface area (Å²) in [7, 11) is 1.41. The van der Waals surface area contributed by atoms with E-state index in [4.69, 9.17) is 14.2 Å². The number of ether oxygens (including phenoxy) is 3. The second-order valence-corrected chi connectivity index (χ2v) is 9.01. The number of allylic oxidation sites excluding steroid dienone is 4. The average molecular weight is 537 g/mol. The molecule has 0 bridgehead atoms. The molecular weight excluding hydrogens is 508 g/mol. The molecule has 0 saturated heterocycles. The number of anilines is 2. The van der Waals surface area contributed by atoms with Crippen molar-refractivity contribution in [2.75, 3.05) is 31.0 Å². The van der Waals surface area contributed by atoms with Crippen molar-refractivity contribution >= 4 is 28.8 Å². The first-order valence-electron chi connectivity index (χ1n) is 11.7. The summed E-state index contributed by atoms with van der Waals surface area (Å²) in [6.07, 6.45) is -1.49. The second kappa shape index (κ2) is 11.7. The topological polar surface area (TPSA) is 85.9 Å². The molecule has 0 radical (unpaired) electrons. The van der Waals surface area contributed by atoms with E-state index in [0.717, 1.165) is 12.1 Å². The number of rotatable bonds is 9. The lowest BCUT2D eigenvalue weighted by Crippen LogP contribution is -2.34. The SMILES string of the molecule is CCOC1=CC(c2ccc(NC(=O)Nc3ccc(OC(C)(C)COC)c(C(F)(F)F)c3)c(F)c2)=CCC1=O. The maximum Gasteiger partial charge on any atom is 0.420 e. The molecule has 1 aliphatic carbocycles. The largest absolute Gasteiger partial charge is 0.490 e. The lowest BCUT2D eigenvalue weighted by molar-refractivity contribution is -0.140. The number of amides is 2. The van der Waals surface area contributed by atoms with Gasteiger partial charge in [0.05, 0.1) is 24.5 Å². The molecule has 0 heterocycles. The van der Waals surface area contributed by atoms with Gasteiger partial charge in [0.2, 0.25) is 5.78 Å². The number of halogens is 4. The molecule has 0 aliphatic heterocycles. The first-order chi connectivity index (χ1) is 17.8. The van der Waals surface area contributed by atoms with E-state index in [-0.39, 0.29) is 35.9 Å². The third kappa shape index (κ3) is 7.34. The summed E-state index contributed by atoms with van der Waals surface area (Å²) in [6.45, 7) is 5.26. The number of urea groups is 1. The van der Waals surface area contributed by atoms with Gasteiger partial charge >= 0.3 is 12.2 Å². The van der Waals surface area contributed by atoms with Crippen LogP contribution in [0.25, 0.3) is 5.57 Å². The fraction of sp³-hybridized carbons (Fsp3) is 0.333. The number of alkyl halides is 3. The van der Waals surface area contributed by atoms with Crippen molar-refractivity contribution in [2.24, 2.45) is 0 Å². The van der Waals surface area contributed by atoms with Gasteiger partial charge in [0.1, 0.15) is 17.2 Å². The molecule has 0 atom stereocenters. The Balaban J connectivity index is 1.74. The van der Waals surface area contributed by atoms with E-state index < -0.39 is 34.9 Å². The van der Waals surface area contributed by atoms with Gasteiger partial charge in [0, 0.05) is 19.2 Å². The highest BCUT2D eigenvalue weighted by Crippen LogP contribution is 2.39. The number of methoxy groups -OCH3 is 1. The zero-order valence-electron chi connectivity index (χ0n) is 21.3. The zero-order chi connectivity index (χ0) is 28.1. The Morgan fingerprint density at radius 2 is 1.82 bits per heavy atom. The summed E-state index contributed by atoms with van der Waals surface area (Å²) in [5.74, 6) is -1.20. The van der Waals surface area contributed by atoms with Crippen molar-refractivity contribution in [3.8, 4) is 5.75 Å². The molecule has 0 fully saturated rings. The van der Waals surface area contributed by atoms with Crippen molar-refractivity contribution in [2.45, 2.75) is 39.0 Å². The second-order valence-electron chi connectivity index (χ2n) is 9.01. The Morgan fingerprint density at radius 1 is 1.08 bits per heavy atom. The molecule has 3 rings (SSSR count). The maximum absolute atomic E-state index is 14.8. The summed E-state index contributed by atoms with van der Waals surface area (Å²) in [5, 5.41) is 4.56. The van der Waals surface area contributed by atoms with Crippen LogP contribution in [0, 0.1) is 5.82 Å². The molecule has 0 spiro atoms. The zero-order valence-corrected chi connectivity index (χ0v) is 21.3. The fourth-order valence-electron chi connectivity index (χ4n) is 3.74. The summed E-state index contributed by atoms with van der Waals surface area (Å²) < 4.78 is 71.6. The van der Waals surface area contributed by atoms with Crippen LogP contribution in [0.2, 0.25) is 0 Å². The first kappa shape index (κ1) is 28.7. The standard InChI is InChI=1S/C27H28F4N2O5/c1-5-37-24-13-17(7-10-22(24)34)16-6-9-21(20(28)12-16)33-25(35)32-18-8-11-23(19(14-18)27(29,30)31)38-26(2,3)15-36-4/h6-9,11-14H,5,10,15H2,1-4H3,(H2,32,33,35). The van der Waals surface area contributed by atoms with Gasteiger partial charge in [-0.1, -0.05) is 12.1 Å². The third-order valence-electron chi connectivity index (χ3n) is 5.34. The Morgan fingerprint density at radius 3 is 2.45 bits per heavy atom. The van der Waals surface area contributed by atoms with Crippen LogP contribution in [0.3, 0.4) is 0 Å². The molecular formula is C27H28F4N2O5. The highest BCUT2D eigenvalue weighted by molar-refractivity contribution is 6.02. The van der Waals surface area contributed by atoms with E-state index in [1.54, 1.807) is 26.8 Å². The van der Waals surface area contributed by atoms with Crippen LogP contribution in [0.4, 0.5) is 33.7 Å². The Hall–Kier alpha value is -3.86. The molecule has 2 aromatic rings. The van der Waals surface area contributed by atoms with Crippen molar-refractivity contribution in [1.29, 1.82) is 0 Å². The Bertz CT molecular complexity index is 1270.